The number of hydrogen-bond donors (Lipinski definition) is 0. The minimum Gasteiger partial charge on any atom is -0.366 e. The summed E-state index contributed by atoms with van der Waals surface area (Å²) < 4.78 is 0. The van der Waals surface area contributed by atoms with Gasteiger partial charge in [-0.3, -0.25) is 4.90 Å². The van der Waals surface area contributed by atoms with Crippen LogP contribution >= 0.6 is 0 Å². The van der Waals surface area contributed by atoms with Crippen LogP contribution in [0.2, 0.25) is 0 Å². The standard InChI is InChI=1S/C21H33N3/c1-21(2,3)16-5-7-17(8-6-16)23-14-20-13-19(23)15-24(20)18-9-11-22(4)12-10-18/h5-8,18-20H,9-15H2,1-4H3. The van der Waals surface area contributed by atoms with Gasteiger partial charge < -0.3 is 9.80 Å². The molecule has 4 rings (SSSR count). The first-order valence-corrected chi connectivity index (χ1v) is 9.73. The second-order valence-corrected chi connectivity index (χ2v) is 9.22. The maximum atomic E-state index is 2.84. The number of piperazine rings is 1. The molecule has 2 atom stereocenters. The lowest BCUT2D eigenvalue weighted by molar-refractivity contribution is 0.104. The second kappa shape index (κ2) is 6.03. The Kier molecular flexibility index (Phi) is 4.12. The normalized spacial score (nSPS) is 29.6. The summed E-state index contributed by atoms with van der Waals surface area (Å²) in [5.41, 5.74) is 3.11. The predicted octanol–water partition coefficient (Wildman–Crippen LogP) is 3.34. The third-order valence-electron chi connectivity index (χ3n) is 6.51. The van der Waals surface area contributed by atoms with Crippen LogP contribution in [0.5, 0.6) is 0 Å². The first-order chi connectivity index (χ1) is 11.4. The molecular weight excluding hydrogens is 294 g/mol. The first-order valence-electron chi connectivity index (χ1n) is 9.73. The van der Waals surface area contributed by atoms with Gasteiger partial charge in [0.25, 0.3) is 0 Å². The van der Waals surface area contributed by atoms with Gasteiger partial charge in [0.1, 0.15) is 0 Å². The molecule has 0 aliphatic carbocycles. The van der Waals surface area contributed by atoms with Crippen molar-refractivity contribution in [2.24, 2.45) is 0 Å². The fourth-order valence-electron chi connectivity index (χ4n) is 4.94. The molecule has 3 saturated heterocycles. The van der Waals surface area contributed by atoms with E-state index in [2.05, 4.69) is 66.8 Å². The van der Waals surface area contributed by atoms with Crippen LogP contribution in [0, 0.1) is 0 Å². The van der Waals surface area contributed by atoms with Gasteiger partial charge in [0.05, 0.1) is 0 Å². The zero-order valence-electron chi connectivity index (χ0n) is 15.8. The second-order valence-electron chi connectivity index (χ2n) is 9.22. The van der Waals surface area contributed by atoms with Gasteiger partial charge in [0.15, 0.2) is 0 Å². The molecule has 3 fully saturated rings. The molecule has 2 bridgehead atoms. The summed E-state index contributed by atoms with van der Waals surface area (Å²) in [6, 6.07) is 11.7. The van der Waals surface area contributed by atoms with E-state index in [0.717, 1.165) is 18.1 Å². The molecule has 132 valence electrons. The molecule has 3 nitrogen and oxygen atoms in total. The Morgan fingerprint density at radius 3 is 2.08 bits per heavy atom. The number of benzene rings is 1. The molecule has 0 amide bonds. The average Bonchev–Trinajstić information content (AvgIpc) is 3.15. The summed E-state index contributed by atoms with van der Waals surface area (Å²) in [6.45, 7) is 11.9. The minimum atomic E-state index is 0.244. The highest BCUT2D eigenvalue weighted by Gasteiger charge is 2.45. The van der Waals surface area contributed by atoms with Crippen molar-refractivity contribution in [1.82, 2.24) is 9.80 Å². The van der Waals surface area contributed by atoms with Crippen LogP contribution in [-0.4, -0.2) is 61.2 Å². The van der Waals surface area contributed by atoms with E-state index in [-0.39, 0.29) is 5.41 Å². The number of fused-ring (bicyclic) bond motifs is 2. The summed E-state index contributed by atoms with van der Waals surface area (Å²) in [5.74, 6) is 0. The smallest absolute Gasteiger partial charge is 0.0433 e. The molecule has 0 radical (unpaired) electrons. The van der Waals surface area contributed by atoms with Crippen molar-refractivity contribution < 1.29 is 0 Å². The maximum Gasteiger partial charge on any atom is 0.0433 e. The highest BCUT2D eigenvalue weighted by atomic mass is 15.4. The van der Waals surface area contributed by atoms with Crippen LogP contribution < -0.4 is 4.90 Å². The van der Waals surface area contributed by atoms with Gasteiger partial charge in [-0.25, -0.2) is 0 Å². The Morgan fingerprint density at radius 1 is 0.875 bits per heavy atom. The van der Waals surface area contributed by atoms with E-state index in [4.69, 9.17) is 0 Å². The summed E-state index contributed by atoms with van der Waals surface area (Å²) in [5, 5.41) is 0. The van der Waals surface area contributed by atoms with Gasteiger partial charge in [-0.05, 0) is 62.5 Å². The molecule has 3 aliphatic rings. The van der Waals surface area contributed by atoms with E-state index in [1.807, 2.05) is 0 Å². The summed E-state index contributed by atoms with van der Waals surface area (Å²) in [4.78, 5) is 7.99. The van der Waals surface area contributed by atoms with Crippen LogP contribution in [0.1, 0.15) is 45.6 Å². The molecule has 0 spiro atoms. The SMILES string of the molecule is CN1CCC(N2CC3CC2CN3c2ccc(C(C)(C)C)cc2)CC1. The van der Waals surface area contributed by atoms with Crippen LogP contribution in [0.4, 0.5) is 5.69 Å². The maximum absolute atomic E-state index is 2.84. The fourth-order valence-corrected chi connectivity index (χ4v) is 4.94. The Morgan fingerprint density at radius 2 is 1.54 bits per heavy atom. The molecule has 3 heterocycles. The Hall–Kier alpha value is -1.06. The minimum absolute atomic E-state index is 0.244. The van der Waals surface area contributed by atoms with Crippen molar-refractivity contribution in [3.05, 3.63) is 29.8 Å². The molecule has 0 saturated carbocycles. The molecule has 3 heteroatoms. The van der Waals surface area contributed by atoms with Crippen molar-refractivity contribution in [2.75, 3.05) is 38.1 Å². The number of anilines is 1. The van der Waals surface area contributed by atoms with E-state index in [0.29, 0.717) is 0 Å². The van der Waals surface area contributed by atoms with Gasteiger partial charge in [0, 0.05) is 36.9 Å². The Bertz CT molecular complexity index is 566. The lowest BCUT2D eigenvalue weighted by Gasteiger charge is -2.42. The van der Waals surface area contributed by atoms with Crippen LogP contribution in [0.3, 0.4) is 0 Å². The summed E-state index contributed by atoms with van der Waals surface area (Å²) in [7, 11) is 2.26. The fraction of sp³-hybridized carbons (Fsp3) is 0.714. The van der Waals surface area contributed by atoms with Crippen LogP contribution in [-0.2, 0) is 5.41 Å². The third kappa shape index (κ3) is 2.97. The topological polar surface area (TPSA) is 9.72 Å². The van der Waals surface area contributed by atoms with E-state index < -0.39 is 0 Å². The summed E-state index contributed by atoms with van der Waals surface area (Å²) >= 11 is 0. The number of nitrogens with zero attached hydrogens (tertiary/aromatic N) is 3. The van der Waals surface area contributed by atoms with Crippen LogP contribution in [0.15, 0.2) is 24.3 Å². The van der Waals surface area contributed by atoms with Gasteiger partial charge in [-0.15, -0.1) is 0 Å². The lowest BCUT2D eigenvalue weighted by Crippen LogP contribution is -2.53. The van der Waals surface area contributed by atoms with Gasteiger partial charge in [-0.2, -0.15) is 0 Å². The van der Waals surface area contributed by atoms with Crippen molar-refractivity contribution >= 4 is 5.69 Å². The van der Waals surface area contributed by atoms with E-state index in [1.165, 1.54) is 56.7 Å². The number of likely N-dealkylation sites (tertiary alicyclic amines) is 2. The van der Waals surface area contributed by atoms with Crippen LogP contribution in [0.25, 0.3) is 0 Å². The van der Waals surface area contributed by atoms with Crippen molar-refractivity contribution in [3.63, 3.8) is 0 Å². The number of rotatable bonds is 2. The van der Waals surface area contributed by atoms with Gasteiger partial charge in [0.2, 0.25) is 0 Å². The average molecular weight is 328 g/mol. The summed E-state index contributed by atoms with van der Waals surface area (Å²) in [6.07, 6.45) is 4.09. The molecule has 1 aromatic rings. The predicted molar refractivity (Wildman–Crippen MR) is 102 cm³/mol. The zero-order valence-corrected chi connectivity index (χ0v) is 15.8. The van der Waals surface area contributed by atoms with E-state index >= 15 is 0 Å². The highest BCUT2D eigenvalue weighted by molar-refractivity contribution is 5.51. The molecule has 3 aliphatic heterocycles. The van der Waals surface area contributed by atoms with Crippen molar-refractivity contribution in [1.29, 1.82) is 0 Å². The molecule has 0 aromatic heterocycles. The van der Waals surface area contributed by atoms with Gasteiger partial charge >= 0.3 is 0 Å². The van der Waals surface area contributed by atoms with E-state index in [9.17, 15) is 0 Å². The van der Waals surface area contributed by atoms with E-state index in [1.54, 1.807) is 0 Å². The van der Waals surface area contributed by atoms with Crippen molar-refractivity contribution in [2.45, 2.75) is 63.6 Å². The zero-order chi connectivity index (χ0) is 16.9. The Balaban J connectivity index is 1.41. The number of hydrogen-bond acceptors (Lipinski definition) is 3. The van der Waals surface area contributed by atoms with Gasteiger partial charge in [-0.1, -0.05) is 32.9 Å². The molecular formula is C21H33N3. The number of piperidine rings is 1. The first kappa shape index (κ1) is 16.4. The quantitative estimate of drug-likeness (QED) is 0.825. The monoisotopic (exact) mass is 327 g/mol. The largest absolute Gasteiger partial charge is 0.366 e. The Labute approximate surface area is 147 Å². The lowest BCUT2D eigenvalue weighted by atomic mass is 9.87. The third-order valence-corrected chi connectivity index (χ3v) is 6.51. The molecule has 1 aromatic carbocycles. The molecule has 2 unspecified atom stereocenters. The molecule has 0 N–H and O–H groups in total. The molecule has 24 heavy (non-hydrogen) atoms. The van der Waals surface area contributed by atoms with Crippen molar-refractivity contribution in [3.8, 4) is 0 Å². The highest BCUT2D eigenvalue weighted by Crippen LogP contribution is 2.37.